The first-order valence-corrected chi connectivity index (χ1v) is 6.64. The molecule has 0 spiro atoms. The first-order valence-electron chi connectivity index (χ1n) is 6.64. The average Bonchev–Trinajstić information content (AvgIpc) is 2.57. The molecule has 0 aromatic rings. The first-order chi connectivity index (χ1) is 8.63. The molecule has 0 aromatic carbocycles. The molecule has 5 nitrogen and oxygen atoms in total. The van der Waals surface area contributed by atoms with Gasteiger partial charge in [0, 0.05) is 13.5 Å². The lowest BCUT2D eigenvalue weighted by Gasteiger charge is -2.17. The molecule has 0 bridgehead atoms. The van der Waals surface area contributed by atoms with Crippen molar-refractivity contribution in [1.82, 2.24) is 5.32 Å². The van der Waals surface area contributed by atoms with Crippen LogP contribution in [0.15, 0.2) is 0 Å². The van der Waals surface area contributed by atoms with E-state index < -0.39 is 12.0 Å². The van der Waals surface area contributed by atoms with Crippen molar-refractivity contribution >= 4 is 11.9 Å². The number of carbonyl (C=O) groups is 2. The summed E-state index contributed by atoms with van der Waals surface area (Å²) in [5, 5.41) is 11.4. The number of hydrogen-bond donors (Lipinski definition) is 2. The topological polar surface area (TPSA) is 75.6 Å². The van der Waals surface area contributed by atoms with Crippen molar-refractivity contribution in [3.63, 3.8) is 0 Å². The van der Waals surface area contributed by atoms with Crippen LogP contribution in [0.1, 0.15) is 44.9 Å². The monoisotopic (exact) mass is 257 g/mol. The van der Waals surface area contributed by atoms with Crippen LogP contribution in [0, 0.1) is 5.92 Å². The minimum Gasteiger partial charge on any atom is -0.480 e. The highest BCUT2D eigenvalue weighted by Gasteiger charge is 2.22. The van der Waals surface area contributed by atoms with Gasteiger partial charge in [0.15, 0.2) is 6.04 Å². The predicted molar refractivity (Wildman–Crippen MR) is 67.3 cm³/mol. The van der Waals surface area contributed by atoms with Gasteiger partial charge in [0.25, 0.3) is 0 Å². The van der Waals surface area contributed by atoms with Crippen LogP contribution in [-0.2, 0) is 14.3 Å². The zero-order chi connectivity index (χ0) is 13.4. The second-order valence-corrected chi connectivity index (χ2v) is 4.98. The van der Waals surface area contributed by atoms with Crippen molar-refractivity contribution in [2.75, 3.05) is 13.7 Å². The zero-order valence-corrected chi connectivity index (χ0v) is 11.0. The average molecular weight is 257 g/mol. The van der Waals surface area contributed by atoms with Gasteiger partial charge in [-0.3, -0.25) is 4.79 Å². The number of ether oxygens (including phenoxy) is 1. The first kappa shape index (κ1) is 15.0. The van der Waals surface area contributed by atoms with Gasteiger partial charge in [-0.15, -0.1) is 0 Å². The van der Waals surface area contributed by atoms with Gasteiger partial charge >= 0.3 is 5.97 Å². The molecule has 1 aliphatic rings. The molecule has 18 heavy (non-hydrogen) atoms. The van der Waals surface area contributed by atoms with Crippen molar-refractivity contribution in [2.24, 2.45) is 5.92 Å². The molecule has 1 rings (SSSR count). The summed E-state index contributed by atoms with van der Waals surface area (Å²) in [5.41, 5.74) is 0. The normalized spacial score (nSPS) is 18.9. The van der Waals surface area contributed by atoms with Crippen LogP contribution in [0.4, 0.5) is 0 Å². The Labute approximate surface area is 108 Å². The fourth-order valence-corrected chi connectivity index (χ4v) is 2.42. The van der Waals surface area contributed by atoms with Crippen LogP contribution in [0.5, 0.6) is 0 Å². The van der Waals surface area contributed by atoms with Crippen LogP contribution in [0.2, 0.25) is 0 Å². The number of amides is 1. The molecule has 0 saturated heterocycles. The molecule has 5 heteroatoms. The molecule has 1 saturated carbocycles. The summed E-state index contributed by atoms with van der Waals surface area (Å²) >= 11 is 0. The third-order valence-corrected chi connectivity index (χ3v) is 3.42. The molecule has 2 N–H and O–H groups in total. The number of nitrogens with one attached hydrogen (secondary N) is 1. The van der Waals surface area contributed by atoms with Gasteiger partial charge < -0.3 is 15.2 Å². The van der Waals surface area contributed by atoms with Gasteiger partial charge in [0.2, 0.25) is 5.91 Å². The number of carboxylic acids is 1. The Morgan fingerprint density at radius 2 is 1.89 bits per heavy atom. The highest BCUT2D eigenvalue weighted by atomic mass is 16.5. The van der Waals surface area contributed by atoms with Crippen LogP contribution in [0.3, 0.4) is 0 Å². The molecular weight excluding hydrogens is 234 g/mol. The second kappa shape index (κ2) is 8.08. The summed E-state index contributed by atoms with van der Waals surface area (Å²) in [6.07, 6.45) is 7.45. The molecule has 0 heterocycles. The lowest BCUT2D eigenvalue weighted by Crippen LogP contribution is -2.44. The van der Waals surface area contributed by atoms with Crippen molar-refractivity contribution in [3.8, 4) is 0 Å². The van der Waals surface area contributed by atoms with Gasteiger partial charge in [0.1, 0.15) is 0 Å². The molecule has 104 valence electrons. The molecule has 0 aromatic heterocycles. The zero-order valence-electron chi connectivity index (χ0n) is 11.0. The number of methoxy groups -OCH3 is 1. The summed E-state index contributed by atoms with van der Waals surface area (Å²) in [7, 11) is 1.42. The molecule has 1 fully saturated rings. The van der Waals surface area contributed by atoms with E-state index >= 15 is 0 Å². The molecular formula is C13H23NO4. The second-order valence-electron chi connectivity index (χ2n) is 4.98. The molecule has 1 unspecified atom stereocenters. The van der Waals surface area contributed by atoms with Crippen molar-refractivity contribution in [2.45, 2.75) is 51.0 Å². The third-order valence-electron chi connectivity index (χ3n) is 3.42. The SMILES string of the molecule is COCC(NC(=O)CC1CCCCCC1)C(=O)O. The number of carboxylic acid groups (broad SMARTS) is 1. The van der Waals surface area contributed by atoms with Crippen molar-refractivity contribution < 1.29 is 19.4 Å². The summed E-state index contributed by atoms with van der Waals surface area (Å²) < 4.78 is 4.78. The quantitative estimate of drug-likeness (QED) is 0.708. The van der Waals surface area contributed by atoms with E-state index in [1.54, 1.807) is 0 Å². The van der Waals surface area contributed by atoms with E-state index in [0.717, 1.165) is 12.8 Å². The fourth-order valence-electron chi connectivity index (χ4n) is 2.42. The lowest BCUT2D eigenvalue weighted by atomic mass is 9.96. The van der Waals surface area contributed by atoms with Gasteiger partial charge in [-0.2, -0.15) is 0 Å². The summed E-state index contributed by atoms with van der Waals surface area (Å²) in [4.78, 5) is 22.7. The van der Waals surface area contributed by atoms with Gasteiger partial charge in [-0.25, -0.2) is 4.79 Å². The van der Waals surface area contributed by atoms with Gasteiger partial charge in [-0.05, 0) is 18.8 Å². The highest BCUT2D eigenvalue weighted by Crippen LogP contribution is 2.25. The molecule has 1 aliphatic carbocycles. The maximum Gasteiger partial charge on any atom is 0.328 e. The Balaban J connectivity index is 2.36. The molecule has 0 radical (unpaired) electrons. The number of hydrogen-bond acceptors (Lipinski definition) is 3. The lowest BCUT2D eigenvalue weighted by molar-refractivity contribution is -0.143. The predicted octanol–water partition coefficient (Wildman–Crippen LogP) is 1.56. The van der Waals surface area contributed by atoms with E-state index in [4.69, 9.17) is 9.84 Å². The van der Waals surface area contributed by atoms with Crippen molar-refractivity contribution in [1.29, 1.82) is 0 Å². The smallest absolute Gasteiger partial charge is 0.328 e. The molecule has 0 aliphatic heterocycles. The Morgan fingerprint density at radius 3 is 2.39 bits per heavy atom. The van der Waals surface area contributed by atoms with E-state index in [0.29, 0.717) is 12.3 Å². The molecule has 1 atom stereocenters. The van der Waals surface area contributed by atoms with Crippen LogP contribution >= 0.6 is 0 Å². The third kappa shape index (κ3) is 5.49. The summed E-state index contributed by atoms with van der Waals surface area (Å²) in [5.74, 6) is -0.818. The standard InChI is InChI=1S/C13H23NO4/c1-18-9-11(13(16)17)14-12(15)8-10-6-4-2-3-5-7-10/h10-11H,2-9H2,1H3,(H,14,15)(H,16,17). The summed E-state index contributed by atoms with van der Waals surface area (Å²) in [6, 6.07) is -0.937. The number of carbonyl (C=O) groups excluding carboxylic acids is 1. The number of rotatable bonds is 6. The van der Waals surface area contributed by atoms with Crippen LogP contribution in [-0.4, -0.2) is 36.7 Å². The fraction of sp³-hybridized carbons (Fsp3) is 0.846. The van der Waals surface area contributed by atoms with E-state index in [9.17, 15) is 9.59 Å². The highest BCUT2D eigenvalue weighted by molar-refractivity contribution is 5.83. The van der Waals surface area contributed by atoms with Crippen LogP contribution in [0.25, 0.3) is 0 Å². The Bertz CT molecular complexity index is 272. The summed E-state index contributed by atoms with van der Waals surface area (Å²) in [6.45, 7) is 0.00569. The van der Waals surface area contributed by atoms with E-state index in [2.05, 4.69) is 5.32 Å². The Hall–Kier alpha value is -1.10. The minimum atomic E-state index is -1.05. The number of aliphatic carboxylic acids is 1. The van der Waals surface area contributed by atoms with Crippen molar-refractivity contribution in [3.05, 3.63) is 0 Å². The molecule has 1 amide bonds. The largest absolute Gasteiger partial charge is 0.480 e. The van der Waals surface area contributed by atoms with Crippen LogP contribution < -0.4 is 5.32 Å². The Kier molecular flexibility index (Phi) is 6.72. The minimum absolute atomic E-state index is 0.00569. The van der Waals surface area contributed by atoms with Gasteiger partial charge in [-0.1, -0.05) is 25.7 Å². The Morgan fingerprint density at radius 1 is 1.28 bits per heavy atom. The maximum absolute atomic E-state index is 11.8. The maximum atomic E-state index is 11.8. The van der Waals surface area contributed by atoms with Gasteiger partial charge in [0.05, 0.1) is 6.61 Å². The van der Waals surface area contributed by atoms with E-state index in [1.165, 1.54) is 32.8 Å². The van der Waals surface area contributed by atoms with E-state index in [-0.39, 0.29) is 12.5 Å². The van der Waals surface area contributed by atoms with E-state index in [1.807, 2.05) is 0 Å².